The molecule has 10 heteroatoms. The third-order valence-electron chi connectivity index (χ3n) is 6.97. The van der Waals surface area contributed by atoms with Crippen LogP contribution < -0.4 is 38.6 Å². The van der Waals surface area contributed by atoms with Gasteiger partial charge in [-0.25, -0.2) is 0 Å². The molecule has 0 unspecified atom stereocenters. The number of piperidine rings is 1. The SMILES string of the molecule is COc1ccc(N2C(=O)CC[C@H](C(=O)Nc3cc(OC)c(OC)c(OC)c3)[C@@H]2c2ccc(OC)c(OC)c2)cc1. The van der Waals surface area contributed by atoms with Gasteiger partial charge in [0.2, 0.25) is 17.6 Å². The molecular weight excluding hydrogens is 516 g/mol. The molecule has 4 rings (SSSR count). The van der Waals surface area contributed by atoms with Crippen molar-refractivity contribution in [2.24, 2.45) is 5.92 Å². The largest absolute Gasteiger partial charge is 0.497 e. The molecule has 0 radical (unpaired) electrons. The first kappa shape index (κ1) is 28.4. The molecule has 1 aliphatic heterocycles. The van der Waals surface area contributed by atoms with Gasteiger partial charge in [-0.2, -0.15) is 0 Å². The number of ether oxygens (including phenoxy) is 6. The maximum Gasteiger partial charge on any atom is 0.229 e. The second-order valence-electron chi connectivity index (χ2n) is 9.07. The van der Waals surface area contributed by atoms with E-state index in [1.54, 1.807) is 62.6 Å². The monoisotopic (exact) mass is 550 g/mol. The maximum atomic E-state index is 13.9. The highest BCUT2D eigenvalue weighted by Crippen LogP contribution is 2.44. The summed E-state index contributed by atoms with van der Waals surface area (Å²) in [5, 5.41) is 3.00. The van der Waals surface area contributed by atoms with Crippen molar-refractivity contribution in [3.8, 4) is 34.5 Å². The van der Waals surface area contributed by atoms with Crippen LogP contribution in [0.4, 0.5) is 11.4 Å². The van der Waals surface area contributed by atoms with Crippen LogP contribution in [-0.4, -0.2) is 54.5 Å². The van der Waals surface area contributed by atoms with Gasteiger partial charge in [0.05, 0.1) is 54.6 Å². The number of hydrogen-bond donors (Lipinski definition) is 1. The molecule has 10 nitrogen and oxygen atoms in total. The summed E-state index contributed by atoms with van der Waals surface area (Å²) in [6.45, 7) is 0. The average Bonchev–Trinajstić information content (AvgIpc) is 2.99. The minimum Gasteiger partial charge on any atom is -0.497 e. The molecule has 0 bridgehead atoms. The summed E-state index contributed by atoms with van der Waals surface area (Å²) in [6.07, 6.45) is 0.546. The topological polar surface area (TPSA) is 105 Å². The van der Waals surface area contributed by atoms with Crippen molar-refractivity contribution in [2.75, 3.05) is 52.9 Å². The molecule has 2 amide bonds. The molecule has 3 aromatic carbocycles. The van der Waals surface area contributed by atoms with E-state index in [0.29, 0.717) is 52.3 Å². The highest BCUT2D eigenvalue weighted by Gasteiger charge is 2.42. The fourth-order valence-electron chi connectivity index (χ4n) is 5.02. The molecule has 1 saturated heterocycles. The molecule has 1 aliphatic rings. The fourth-order valence-corrected chi connectivity index (χ4v) is 5.02. The summed E-state index contributed by atoms with van der Waals surface area (Å²) in [5.74, 6) is 1.98. The lowest BCUT2D eigenvalue weighted by Crippen LogP contribution is -2.47. The van der Waals surface area contributed by atoms with Crippen molar-refractivity contribution >= 4 is 23.2 Å². The van der Waals surface area contributed by atoms with Gasteiger partial charge in [0, 0.05) is 29.9 Å². The third kappa shape index (κ3) is 5.56. The second-order valence-corrected chi connectivity index (χ2v) is 9.07. The number of anilines is 2. The van der Waals surface area contributed by atoms with Gasteiger partial charge in [-0.05, 0) is 48.4 Å². The summed E-state index contributed by atoms with van der Waals surface area (Å²) in [7, 11) is 9.21. The van der Waals surface area contributed by atoms with Gasteiger partial charge in [0.25, 0.3) is 0 Å². The number of carbonyl (C=O) groups is 2. The first-order chi connectivity index (χ1) is 19.4. The molecule has 1 heterocycles. The highest BCUT2D eigenvalue weighted by molar-refractivity contribution is 6.00. The van der Waals surface area contributed by atoms with Crippen molar-refractivity contribution in [3.05, 3.63) is 60.2 Å². The van der Waals surface area contributed by atoms with Crippen LogP contribution in [0.5, 0.6) is 34.5 Å². The molecule has 1 fully saturated rings. The first-order valence-electron chi connectivity index (χ1n) is 12.7. The van der Waals surface area contributed by atoms with Crippen molar-refractivity contribution < 1.29 is 38.0 Å². The number of nitrogens with zero attached hydrogens (tertiary/aromatic N) is 1. The highest BCUT2D eigenvalue weighted by atomic mass is 16.5. The summed E-state index contributed by atoms with van der Waals surface area (Å²) in [6, 6.07) is 15.3. The minimum atomic E-state index is -0.628. The summed E-state index contributed by atoms with van der Waals surface area (Å²) < 4.78 is 32.6. The Morgan fingerprint density at radius 3 is 1.93 bits per heavy atom. The molecule has 0 aliphatic carbocycles. The van der Waals surface area contributed by atoms with E-state index in [-0.39, 0.29) is 18.2 Å². The van der Waals surface area contributed by atoms with E-state index in [2.05, 4.69) is 5.32 Å². The smallest absolute Gasteiger partial charge is 0.229 e. The maximum absolute atomic E-state index is 13.9. The van der Waals surface area contributed by atoms with Crippen LogP contribution in [0.1, 0.15) is 24.4 Å². The van der Waals surface area contributed by atoms with Crippen LogP contribution in [0.3, 0.4) is 0 Å². The quantitative estimate of drug-likeness (QED) is 0.382. The first-order valence-corrected chi connectivity index (χ1v) is 12.7. The van der Waals surface area contributed by atoms with Gasteiger partial charge >= 0.3 is 0 Å². The van der Waals surface area contributed by atoms with Crippen LogP contribution >= 0.6 is 0 Å². The van der Waals surface area contributed by atoms with E-state index in [1.165, 1.54) is 21.3 Å². The van der Waals surface area contributed by atoms with Crippen LogP contribution in [0.25, 0.3) is 0 Å². The van der Waals surface area contributed by atoms with E-state index >= 15 is 0 Å². The third-order valence-corrected chi connectivity index (χ3v) is 6.97. The summed E-state index contributed by atoms with van der Waals surface area (Å²) in [4.78, 5) is 29.0. The van der Waals surface area contributed by atoms with Crippen LogP contribution in [-0.2, 0) is 9.59 Å². The van der Waals surface area contributed by atoms with Gasteiger partial charge in [-0.3, -0.25) is 9.59 Å². The zero-order valence-corrected chi connectivity index (χ0v) is 23.5. The zero-order valence-electron chi connectivity index (χ0n) is 23.5. The molecule has 212 valence electrons. The molecule has 0 spiro atoms. The Bertz CT molecular complexity index is 1330. The van der Waals surface area contributed by atoms with Gasteiger partial charge in [-0.1, -0.05) is 6.07 Å². The van der Waals surface area contributed by atoms with Crippen LogP contribution in [0.15, 0.2) is 54.6 Å². The number of amides is 2. The van der Waals surface area contributed by atoms with Gasteiger partial charge in [-0.15, -0.1) is 0 Å². The van der Waals surface area contributed by atoms with Crippen LogP contribution in [0, 0.1) is 5.92 Å². The molecule has 0 saturated carbocycles. The Balaban J connectivity index is 1.78. The predicted octanol–water partition coefficient (Wildman–Crippen LogP) is 4.86. The van der Waals surface area contributed by atoms with Crippen LogP contribution in [0.2, 0.25) is 0 Å². The van der Waals surface area contributed by atoms with E-state index in [0.717, 1.165) is 5.56 Å². The van der Waals surface area contributed by atoms with Crippen molar-refractivity contribution in [2.45, 2.75) is 18.9 Å². The normalized spacial score (nSPS) is 16.6. The average molecular weight is 551 g/mol. The van der Waals surface area contributed by atoms with Crippen molar-refractivity contribution in [3.63, 3.8) is 0 Å². The van der Waals surface area contributed by atoms with E-state index in [4.69, 9.17) is 28.4 Å². The Morgan fingerprint density at radius 1 is 0.750 bits per heavy atom. The predicted molar refractivity (Wildman–Crippen MR) is 150 cm³/mol. The van der Waals surface area contributed by atoms with Crippen molar-refractivity contribution in [1.29, 1.82) is 0 Å². The lowest BCUT2D eigenvalue weighted by atomic mass is 9.83. The zero-order chi connectivity index (χ0) is 28.8. The molecule has 1 N–H and O–H groups in total. The van der Waals surface area contributed by atoms with E-state index < -0.39 is 12.0 Å². The standard InChI is InChI=1S/C30H34N2O8/c1-35-21-10-8-20(9-11-21)32-27(33)14-12-22(28(32)18-7-13-23(36-2)24(15-18)37-3)30(34)31-19-16-25(38-4)29(40-6)26(17-19)39-5/h7-11,13,15-17,22,28H,12,14H2,1-6H3,(H,31,34)/t22-,28-/m0/s1. The second kappa shape index (κ2) is 12.5. The molecule has 2 atom stereocenters. The van der Waals surface area contributed by atoms with Gasteiger partial charge in [0.1, 0.15) is 5.75 Å². The Hall–Kier alpha value is -4.60. The number of nitrogens with one attached hydrogen (secondary N) is 1. The van der Waals surface area contributed by atoms with Gasteiger partial charge in [0.15, 0.2) is 23.0 Å². The van der Waals surface area contributed by atoms with E-state index in [9.17, 15) is 9.59 Å². The molecule has 0 aromatic heterocycles. The lowest BCUT2D eigenvalue weighted by molar-refractivity contribution is -0.125. The van der Waals surface area contributed by atoms with Gasteiger partial charge < -0.3 is 38.6 Å². The van der Waals surface area contributed by atoms with E-state index in [1.807, 2.05) is 18.2 Å². The Kier molecular flexibility index (Phi) is 8.88. The summed E-state index contributed by atoms with van der Waals surface area (Å²) >= 11 is 0. The molecule has 40 heavy (non-hydrogen) atoms. The Labute approximate surface area is 233 Å². The Morgan fingerprint density at radius 2 is 1.38 bits per heavy atom. The number of hydrogen-bond acceptors (Lipinski definition) is 8. The number of carbonyl (C=O) groups excluding carboxylic acids is 2. The lowest BCUT2D eigenvalue weighted by Gasteiger charge is -2.41. The fraction of sp³-hybridized carbons (Fsp3) is 0.333. The minimum absolute atomic E-state index is 0.0956. The summed E-state index contributed by atoms with van der Waals surface area (Å²) in [5.41, 5.74) is 1.85. The van der Waals surface area contributed by atoms with Crippen molar-refractivity contribution in [1.82, 2.24) is 0 Å². The number of methoxy groups -OCH3 is 6. The molecular formula is C30H34N2O8. The number of rotatable bonds is 10. The number of benzene rings is 3. The molecule has 3 aromatic rings.